The summed E-state index contributed by atoms with van der Waals surface area (Å²) in [6.45, 7) is 4.68. The summed E-state index contributed by atoms with van der Waals surface area (Å²) < 4.78 is 0. The lowest BCUT2D eigenvalue weighted by atomic mass is 10.2. The van der Waals surface area contributed by atoms with Gasteiger partial charge in [-0.3, -0.25) is 19.8 Å². The lowest BCUT2D eigenvalue weighted by Crippen LogP contribution is -2.52. The molecule has 0 spiro atoms. The van der Waals surface area contributed by atoms with Crippen LogP contribution < -0.4 is 10.6 Å². The first-order valence-electron chi connectivity index (χ1n) is 6.66. The Morgan fingerprint density at radius 1 is 1.62 bits per heavy atom. The van der Waals surface area contributed by atoms with E-state index in [1.54, 1.807) is 0 Å². The SMILES string of the molecule is C[C@@H]1CNCCN1CC(=O)Nc1ccc(Cl)cc1[N+](=O)[O-]. The van der Waals surface area contributed by atoms with Gasteiger partial charge in [-0.25, -0.2) is 0 Å². The number of amides is 1. The van der Waals surface area contributed by atoms with Gasteiger partial charge in [-0.15, -0.1) is 0 Å². The van der Waals surface area contributed by atoms with Crippen LogP contribution in [0.15, 0.2) is 18.2 Å². The average Bonchev–Trinajstić information content (AvgIpc) is 2.43. The van der Waals surface area contributed by atoms with Gasteiger partial charge in [-0.1, -0.05) is 11.6 Å². The van der Waals surface area contributed by atoms with Crippen LogP contribution in [0.4, 0.5) is 11.4 Å². The van der Waals surface area contributed by atoms with Crippen molar-refractivity contribution in [2.75, 3.05) is 31.5 Å². The normalized spacial score (nSPS) is 19.2. The molecule has 1 aromatic rings. The molecule has 0 aromatic heterocycles. The monoisotopic (exact) mass is 312 g/mol. The quantitative estimate of drug-likeness (QED) is 0.649. The minimum Gasteiger partial charge on any atom is -0.319 e. The highest BCUT2D eigenvalue weighted by Crippen LogP contribution is 2.27. The van der Waals surface area contributed by atoms with E-state index >= 15 is 0 Å². The Hall–Kier alpha value is -1.70. The summed E-state index contributed by atoms with van der Waals surface area (Å²) in [4.78, 5) is 24.5. The molecule has 1 heterocycles. The highest BCUT2D eigenvalue weighted by Gasteiger charge is 2.22. The Bertz CT molecular complexity index is 552. The molecule has 1 fully saturated rings. The number of nitro groups is 1. The third-order valence-corrected chi connectivity index (χ3v) is 3.65. The number of anilines is 1. The molecule has 8 heteroatoms. The van der Waals surface area contributed by atoms with Crippen molar-refractivity contribution in [3.8, 4) is 0 Å². The van der Waals surface area contributed by atoms with Gasteiger partial charge in [-0.05, 0) is 19.1 Å². The van der Waals surface area contributed by atoms with Crippen molar-refractivity contribution >= 4 is 28.9 Å². The van der Waals surface area contributed by atoms with Crippen molar-refractivity contribution in [1.29, 1.82) is 0 Å². The number of rotatable bonds is 4. The van der Waals surface area contributed by atoms with Gasteiger partial charge in [0, 0.05) is 36.8 Å². The first-order valence-corrected chi connectivity index (χ1v) is 7.03. The maximum atomic E-state index is 12.1. The molecule has 0 radical (unpaired) electrons. The number of hydrogen-bond donors (Lipinski definition) is 2. The third-order valence-electron chi connectivity index (χ3n) is 3.42. The van der Waals surface area contributed by atoms with E-state index in [2.05, 4.69) is 10.6 Å². The van der Waals surface area contributed by atoms with Crippen LogP contribution in [0.1, 0.15) is 6.92 Å². The van der Waals surface area contributed by atoms with E-state index in [1.807, 2.05) is 11.8 Å². The fraction of sp³-hybridized carbons (Fsp3) is 0.462. The fourth-order valence-electron chi connectivity index (χ4n) is 2.25. The largest absolute Gasteiger partial charge is 0.319 e. The second-order valence-electron chi connectivity index (χ2n) is 4.99. The number of nitrogens with zero attached hydrogens (tertiary/aromatic N) is 2. The minimum atomic E-state index is -0.561. The number of halogens is 1. The summed E-state index contributed by atoms with van der Waals surface area (Å²) in [7, 11) is 0. The van der Waals surface area contributed by atoms with Gasteiger partial charge >= 0.3 is 0 Å². The first kappa shape index (κ1) is 15.7. The highest BCUT2D eigenvalue weighted by molar-refractivity contribution is 6.31. The Labute approximate surface area is 127 Å². The Kier molecular flexibility index (Phi) is 5.11. The van der Waals surface area contributed by atoms with E-state index in [-0.39, 0.29) is 34.9 Å². The molecule has 2 rings (SSSR count). The average molecular weight is 313 g/mol. The van der Waals surface area contributed by atoms with Crippen LogP contribution >= 0.6 is 11.6 Å². The predicted octanol–water partition coefficient (Wildman–Crippen LogP) is 1.48. The number of benzene rings is 1. The van der Waals surface area contributed by atoms with Gasteiger partial charge in [-0.2, -0.15) is 0 Å². The summed E-state index contributed by atoms with van der Waals surface area (Å²) >= 11 is 5.74. The minimum absolute atomic E-state index is 0.164. The second kappa shape index (κ2) is 6.84. The van der Waals surface area contributed by atoms with Crippen molar-refractivity contribution in [2.24, 2.45) is 0 Å². The van der Waals surface area contributed by atoms with E-state index in [4.69, 9.17) is 11.6 Å². The Morgan fingerprint density at radius 2 is 2.38 bits per heavy atom. The summed E-state index contributed by atoms with van der Waals surface area (Å²) in [5, 5.41) is 17.1. The number of nitrogens with one attached hydrogen (secondary N) is 2. The third kappa shape index (κ3) is 4.13. The van der Waals surface area contributed by atoms with E-state index in [0.29, 0.717) is 0 Å². The van der Waals surface area contributed by atoms with Crippen LogP contribution in [-0.2, 0) is 4.79 Å². The van der Waals surface area contributed by atoms with Crippen LogP contribution in [0.2, 0.25) is 5.02 Å². The second-order valence-corrected chi connectivity index (χ2v) is 5.43. The first-order chi connectivity index (χ1) is 9.97. The van der Waals surface area contributed by atoms with E-state index in [1.165, 1.54) is 18.2 Å². The molecule has 2 N–H and O–H groups in total. The van der Waals surface area contributed by atoms with Crippen molar-refractivity contribution in [2.45, 2.75) is 13.0 Å². The van der Waals surface area contributed by atoms with Crippen LogP contribution in [-0.4, -0.2) is 48.0 Å². The fourth-order valence-corrected chi connectivity index (χ4v) is 2.42. The maximum Gasteiger partial charge on any atom is 0.294 e. The van der Waals surface area contributed by atoms with E-state index in [0.717, 1.165) is 19.6 Å². The van der Waals surface area contributed by atoms with E-state index < -0.39 is 4.92 Å². The number of nitro benzene ring substituents is 1. The van der Waals surface area contributed by atoms with Crippen LogP contribution in [0.5, 0.6) is 0 Å². The number of hydrogen-bond acceptors (Lipinski definition) is 5. The highest BCUT2D eigenvalue weighted by atomic mass is 35.5. The smallest absolute Gasteiger partial charge is 0.294 e. The predicted molar refractivity (Wildman–Crippen MR) is 80.6 cm³/mol. The lowest BCUT2D eigenvalue weighted by Gasteiger charge is -2.33. The summed E-state index contributed by atoms with van der Waals surface area (Å²) in [5.41, 5.74) is -0.0404. The molecule has 0 saturated carbocycles. The molecule has 114 valence electrons. The Morgan fingerprint density at radius 3 is 3.05 bits per heavy atom. The zero-order chi connectivity index (χ0) is 15.4. The summed E-state index contributed by atoms with van der Waals surface area (Å²) in [6, 6.07) is 4.44. The van der Waals surface area contributed by atoms with Crippen molar-refractivity contribution < 1.29 is 9.72 Å². The lowest BCUT2D eigenvalue weighted by molar-refractivity contribution is -0.383. The molecule has 1 aliphatic heterocycles. The zero-order valence-corrected chi connectivity index (χ0v) is 12.4. The van der Waals surface area contributed by atoms with Gasteiger partial charge in [0.25, 0.3) is 5.69 Å². The number of carbonyl (C=O) groups is 1. The summed E-state index contributed by atoms with van der Waals surface area (Å²) in [5.74, 6) is -0.269. The zero-order valence-electron chi connectivity index (χ0n) is 11.6. The molecular formula is C13H17ClN4O3. The maximum absolute atomic E-state index is 12.1. The summed E-state index contributed by atoms with van der Waals surface area (Å²) in [6.07, 6.45) is 0. The molecule has 1 saturated heterocycles. The molecule has 7 nitrogen and oxygen atoms in total. The molecular weight excluding hydrogens is 296 g/mol. The van der Waals surface area contributed by atoms with Crippen LogP contribution in [0, 0.1) is 10.1 Å². The molecule has 1 aliphatic rings. The molecule has 1 aromatic carbocycles. The topological polar surface area (TPSA) is 87.5 Å². The van der Waals surface area contributed by atoms with Gasteiger partial charge in [0.1, 0.15) is 5.69 Å². The van der Waals surface area contributed by atoms with Gasteiger partial charge in [0.05, 0.1) is 11.5 Å². The van der Waals surface area contributed by atoms with Crippen molar-refractivity contribution in [3.05, 3.63) is 33.3 Å². The number of piperazine rings is 1. The van der Waals surface area contributed by atoms with Crippen LogP contribution in [0.3, 0.4) is 0 Å². The van der Waals surface area contributed by atoms with E-state index in [9.17, 15) is 14.9 Å². The number of carbonyl (C=O) groups excluding carboxylic acids is 1. The molecule has 1 atom stereocenters. The molecule has 0 bridgehead atoms. The molecule has 21 heavy (non-hydrogen) atoms. The van der Waals surface area contributed by atoms with Gasteiger partial charge < -0.3 is 10.6 Å². The van der Waals surface area contributed by atoms with Crippen molar-refractivity contribution in [3.63, 3.8) is 0 Å². The molecule has 0 aliphatic carbocycles. The molecule has 0 unspecified atom stereocenters. The molecule has 1 amide bonds. The van der Waals surface area contributed by atoms with Gasteiger partial charge in [0.15, 0.2) is 0 Å². The standard InChI is InChI=1S/C13H17ClN4O3/c1-9-7-15-4-5-17(9)8-13(19)16-11-3-2-10(14)6-12(11)18(20)21/h2-3,6,9,15H,4-5,7-8H2,1H3,(H,16,19)/t9-/m1/s1. The van der Waals surface area contributed by atoms with Gasteiger partial charge in [0.2, 0.25) is 5.91 Å². The van der Waals surface area contributed by atoms with Crippen molar-refractivity contribution in [1.82, 2.24) is 10.2 Å². The van der Waals surface area contributed by atoms with Crippen LogP contribution in [0.25, 0.3) is 0 Å². The Balaban J connectivity index is 2.04.